The Morgan fingerprint density at radius 3 is 1.83 bits per heavy atom. The Kier molecular flexibility index (Phi) is 30.7. The van der Waals surface area contributed by atoms with E-state index in [0.717, 1.165) is 70.6 Å². The van der Waals surface area contributed by atoms with Gasteiger partial charge < -0.3 is 27.9 Å². The van der Waals surface area contributed by atoms with Gasteiger partial charge in [-0.1, -0.05) is 120 Å². The summed E-state index contributed by atoms with van der Waals surface area (Å²) in [7, 11) is 1.33. The van der Waals surface area contributed by atoms with E-state index in [4.69, 9.17) is 18.5 Å². The van der Waals surface area contributed by atoms with Crippen molar-refractivity contribution in [2.24, 2.45) is 0 Å². The molecule has 0 saturated carbocycles. The van der Waals surface area contributed by atoms with Crippen molar-refractivity contribution >= 4 is 13.8 Å². The molecule has 0 heterocycles. The summed E-state index contributed by atoms with van der Waals surface area (Å²) in [5, 5.41) is 0. The Bertz CT molecular complexity index is 895. The third kappa shape index (κ3) is 35.6. The second kappa shape index (κ2) is 31.7. The second-order valence-corrected chi connectivity index (χ2v) is 14.6. The molecule has 0 aromatic carbocycles. The molecule has 0 fully saturated rings. The number of esters is 1. The van der Waals surface area contributed by atoms with Crippen LogP contribution in [0.25, 0.3) is 0 Å². The van der Waals surface area contributed by atoms with Gasteiger partial charge in [0.1, 0.15) is 19.3 Å². The average Bonchev–Trinajstić information content (AvgIpc) is 3.01. The van der Waals surface area contributed by atoms with E-state index >= 15 is 0 Å². The van der Waals surface area contributed by atoms with Crippen molar-refractivity contribution in [3.8, 4) is 0 Å². The van der Waals surface area contributed by atoms with Crippen LogP contribution in [0.15, 0.2) is 48.6 Å². The molecule has 0 aliphatic rings. The second-order valence-electron chi connectivity index (χ2n) is 13.2. The minimum Gasteiger partial charge on any atom is -0.756 e. The third-order valence-electron chi connectivity index (χ3n) is 7.39. The molecule has 2 atom stereocenters. The number of carbonyl (C=O) groups excluding carboxylic acids is 1. The lowest BCUT2D eigenvalue weighted by Crippen LogP contribution is -2.37. The van der Waals surface area contributed by atoms with E-state index in [-0.39, 0.29) is 25.8 Å². The van der Waals surface area contributed by atoms with Crippen LogP contribution < -0.4 is 4.89 Å². The average molecular weight is 684 g/mol. The number of nitrogens with zero attached hydrogens (tertiary/aromatic N) is 1. The minimum atomic E-state index is -4.52. The zero-order valence-corrected chi connectivity index (χ0v) is 31.6. The molecule has 9 heteroatoms. The topological polar surface area (TPSA) is 94.1 Å². The summed E-state index contributed by atoms with van der Waals surface area (Å²) in [6.45, 7) is 5.17. The molecule has 0 rings (SSSR count). The van der Waals surface area contributed by atoms with Gasteiger partial charge in [0.2, 0.25) is 0 Å². The Morgan fingerprint density at radius 2 is 1.23 bits per heavy atom. The van der Waals surface area contributed by atoms with Crippen molar-refractivity contribution in [1.29, 1.82) is 0 Å². The molecule has 0 spiro atoms. The predicted molar refractivity (Wildman–Crippen MR) is 194 cm³/mol. The van der Waals surface area contributed by atoms with Crippen LogP contribution in [0.2, 0.25) is 0 Å². The molecule has 0 aromatic rings. The van der Waals surface area contributed by atoms with Gasteiger partial charge in [-0.15, -0.1) is 0 Å². The molecular formula is C38H70NO7P. The van der Waals surface area contributed by atoms with E-state index in [1.807, 2.05) is 21.1 Å². The Balaban J connectivity index is 4.36. The van der Waals surface area contributed by atoms with Gasteiger partial charge in [-0.05, 0) is 51.4 Å². The standard InChI is InChI=1S/C38H70NO7P/c1-6-8-10-12-14-16-17-18-19-20-21-22-24-26-28-30-33-43-35-37(36-45-47(41,42)44-34-32-39(3,4)5)46-38(40)31-29-27-25-23-15-13-11-9-7-2/h8,10,14,16,18-19,21-22,37H,6-7,9,11-13,15,17,20,23-36H2,1-5H3/b10-8-,16-14-,19-18-,22-21-. The van der Waals surface area contributed by atoms with Crippen molar-refractivity contribution in [2.75, 3.05) is 54.1 Å². The predicted octanol–water partition coefficient (Wildman–Crippen LogP) is 9.41. The van der Waals surface area contributed by atoms with Crippen LogP contribution >= 0.6 is 7.82 Å². The SMILES string of the molecule is CC/C=C\C/C=C\C/C=C\C/C=C\CCCCCOCC(COP(=O)([O-])OCC[N+](C)(C)C)OC(=O)CCCCCCCCCCC. The maximum absolute atomic E-state index is 12.5. The molecule has 0 bridgehead atoms. The van der Waals surface area contributed by atoms with Crippen LogP contribution in [-0.4, -0.2) is 70.7 Å². The zero-order chi connectivity index (χ0) is 34.9. The van der Waals surface area contributed by atoms with Gasteiger partial charge in [0.15, 0.2) is 0 Å². The molecule has 0 saturated heterocycles. The normalized spacial score (nSPS) is 14.6. The number of likely N-dealkylation sites (N-methyl/N-ethyl adjacent to an activating group) is 1. The van der Waals surface area contributed by atoms with Crippen molar-refractivity contribution in [3.63, 3.8) is 0 Å². The van der Waals surface area contributed by atoms with E-state index in [9.17, 15) is 14.3 Å². The minimum absolute atomic E-state index is 0.0186. The van der Waals surface area contributed by atoms with Gasteiger partial charge in [0.05, 0.1) is 34.4 Å². The van der Waals surface area contributed by atoms with Crippen LogP contribution in [-0.2, 0) is 27.9 Å². The summed E-state index contributed by atoms with van der Waals surface area (Å²) in [6, 6.07) is 0. The maximum atomic E-state index is 12.5. The quantitative estimate of drug-likeness (QED) is 0.0224. The van der Waals surface area contributed by atoms with Crippen LogP contribution in [0.4, 0.5) is 0 Å². The number of quaternary nitrogens is 1. The lowest BCUT2D eigenvalue weighted by Gasteiger charge is -2.28. The molecular weight excluding hydrogens is 613 g/mol. The van der Waals surface area contributed by atoms with Gasteiger partial charge in [0, 0.05) is 13.0 Å². The first kappa shape index (κ1) is 45.5. The van der Waals surface area contributed by atoms with Gasteiger partial charge >= 0.3 is 5.97 Å². The Labute approximate surface area is 288 Å². The summed E-state index contributed by atoms with van der Waals surface area (Å²) in [5.74, 6) is -0.352. The number of rotatable bonds is 33. The van der Waals surface area contributed by atoms with E-state index in [1.165, 1.54) is 38.5 Å². The number of carbonyl (C=O) groups is 1. The monoisotopic (exact) mass is 683 g/mol. The third-order valence-corrected chi connectivity index (χ3v) is 8.36. The van der Waals surface area contributed by atoms with Crippen molar-refractivity contribution in [3.05, 3.63) is 48.6 Å². The largest absolute Gasteiger partial charge is 0.756 e. The number of ether oxygens (including phenoxy) is 2. The molecule has 274 valence electrons. The summed E-state index contributed by atoms with van der Waals surface area (Å²) >= 11 is 0. The molecule has 0 radical (unpaired) electrons. The van der Waals surface area contributed by atoms with Gasteiger partial charge in [-0.3, -0.25) is 9.36 Å². The highest BCUT2D eigenvalue weighted by Crippen LogP contribution is 2.38. The number of phosphoric acid groups is 1. The van der Waals surface area contributed by atoms with Crippen molar-refractivity contribution in [1.82, 2.24) is 0 Å². The summed E-state index contributed by atoms with van der Waals surface area (Å²) in [5.41, 5.74) is 0. The molecule has 47 heavy (non-hydrogen) atoms. The number of allylic oxidation sites excluding steroid dienone is 8. The van der Waals surface area contributed by atoms with Crippen LogP contribution in [0.3, 0.4) is 0 Å². The molecule has 0 N–H and O–H groups in total. The first-order valence-corrected chi connectivity index (χ1v) is 19.8. The van der Waals surface area contributed by atoms with Crippen LogP contribution in [0.5, 0.6) is 0 Å². The molecule has 2 unspecified atom stereocenters. The zero-order valence-electron chi connectivity index (χ0n) is 30.7. The highest BCUT2D eigenvalue weighted by molar-refractivity contribution is 7.45. The summed E-state index contributed by atoms with van der Waals surface area (Å²) in [6.07, 6.45) is 35.5. The van der Waals surface area contributed by atoms with Crippen molar-refractivity contribution < 1.29 is 37.3 Å². The lowest BCUT2D eigenvalue weighted by atomic mass is 10.1. The first-order chi connectivity index (χ1) is 22.6. The smallest absolute Gasteiger partial charge is 0.306 e. The molecule has 0 amide bonds. The molecule has 0 aromatic heterocycles. The maximum Gasteiger partial charge on any atom is 0.306 e. The fourth-order valence-corrected chi connectivity index (χ4v) is 5.26. The molecule has 0 aliphatic carbocycles. The number of hydrogen-bond donors (Lipinski definition) is 0. The van der Waals surface area contributed by atoms with Gasteiger partial charge in [-0.2, -0.15) is 0 Å². The van der Waals surface area contributed by atoms with E-state index < -0.39 is 13.9 Å². The Hall–Kier alpha value is -1.54. The highest BCUT2D eigenvalue weighted by Gasteiger charge is 2.20. The fraction of sp³-hybridized carbons (Fsp3) is 0.763. The van der Waals surface area contributed by atoms with Crippen LogP contribution in [0.1, 0.15) is 129 Å². The Morgan fingerprint density at radius 1 is 0.681 bits per heavy atom. The van der Waals surface area contributed by atoms with E-state index in [0.29, 0.717) is 24.1 Å². The highest BCUT2D eigenvalue weighted by atomic mass is 31.2. The molecule has 8 nitrogen and oxygen atoms in total. The summed E-state index contributed by atoms with van der Waals surface area (Å²) in [4.78, 5) is 24.8. The van der Waals surface area contributed by atoms with Gasteiger partial charge in [-0.25, -0.2) is 0 Å². The van der Waals surface area contributed by atoms with Crippen LogP contribution in [0, 0.1) is 0 Å². The number of phosphoric ester groups is 1. The fourth-order valence-electron chi connectivity index (χ4n) is 4.53. The number of unbranched alkanes of at least 4 members (excludes halogenated alkanes) is 11. The van der Waals surface area contributed by atoms with E-state index in [1.54, 1.807) is 0 Å². The first-order valence-electron chi connectivity index (χ1n) is 18.4. The lowest BCUT2D eigenvalue weighted by molar-refractivity contribution is -0.870. The van der Waals surface area contributed by atoms with E-state index in [2.05, 4.69) is 62.5 Å². The number of hydrogen-bond acceptors (Lipinski definition) is 7. The van der Waals surface area contributed by atoms with Gasteiger partial charge in [0.25, 0.3) is 7.82 Å². The van der Waals surface area contributed by atoms with Crippen molar-refractivity contribution in [2.45, 2.75) is 136 Å². The molecule has 0 aliphatic heterocycles. The summed E-state index contributed by atoms with van der Waals surface area (Å²) < 4.78 is 34.3.